The van der Waals surface area contributed by atoms with Crippen LogP contribution >= 0.6 is 0 Å². The number of carbonyl (C=O) groups excluding carboxylic acids is 1. The van der Waals surface area contributed by atoms with Crippen LogP contribution in [0.15, 0.2) is 42.5 Å². The first-order valence-electron chi connectivity index (χ1n) is 10.2. The normalized spacial score (nSPS) is 21.0. The number of amides is 1. The van der Waals surface area contributed by atoms with Crippen LogP contribution in [0.2, 0.25) is 0 Å². The van der Waals surface area contributed by atoms with Gasteiger partial charge in [-0.25, -0.2) is 8.42 Å². The van der Waals surface area contributed by atoms with Crippen LogP contribution in [0.1, 0.15) is 25.0 Å². The van der Waals surface area contributed by atoms with Gasteiger partial charge in [-0.2, -0.15) is 0 Å². The van der Waals surface area contributed by atoms with Crippen LogP contribution in [0.5, 0.6) is 5.75 Å². The van der Waals surface area contributed by atoms with Gasteiger partial charge in [-0.15, -0.1) is 0 Å². The van der Waals surface area contributed by atoms with Crippen molar-refractivity contribution in [3.05, 3.63) is 53.6 Å². The van der Waals surface area contributed by atoms with E-state index in [9.17, 15) is 13.2 Å². The molecule has 2 atom stereocenters. The summed E-state index contributed by atoms with van der Waals surface area (Å²) in [6.07, 6.45) is 0. The van der Waals surface area contributed by atoms with Crippen molar-refractivity contribution in [2.45, 2.75) is 45.0 Å². The third kappa shape index (κ3) is 5.00. The molecule has 0 radical (unpaired) electrons. The summed E-state index contributed by atoms with van der Waals surface area (Å²) in [4.78, 5) is 12.9. The molecule has 1 fully saturated rings. The Morgan fingerprint density at radius 3 is 2.26 bits per heavy atom. The summed E-state index contributed by atoms with van der Waals surface area (Å²) in [5, 5.41) is 2.12. The summed E-state index contributed by atoms with van der Waals surface area (Å²) < 4.78 is 33.7. The second kappa shape index (κ2) is 9.25. The van der Waals surface area contributed by atoms with Crippen molar-refractivity contribution < 1.29 is 17.9 Å². The quantitative estimate of drug-likeness (QED) is 0.604. The van der Waals surface area contributed by atoms with E-state index in [2.05, 4.69) is 16.2 Å². The molecule has 2 unspecified atom stereocenters. The Kier molecular flexibility index (Phi) is 6.88. The highest BCUT2D eigenvalue weighted by Gasteiger charge is 2.44. The Balaban J connectivity index is 1.93. The summed E-state index contributed by atoms with van der Waals surface area (Å²) in [6.45, 7) is 7.11. The topological polar surface area (TPSA) is 99.8 Å². The lowest BCUT2D eigenvalue weighted by atomic mass is 10.1. The molecule has 1 heterocycles. The summed E-state index contributed by atoms with van der Waals surface area (Å²) in [5.74, 6) is 0.194. The van der Waals surface area contributed by atoms with E-state index in [0.29, 0.717) is 17.1 Å². The number of benzene rings is 2. The third-order valence-corrected chi connectivity index (χ3v) is 7.95. The van der Waals surface area contributed by atoms with Crippen LogP contribution in [0.4, 0.5) is 11.4 Å². The maximum Gasteiger partial charge on any atom is 0.245 e. The number of carbonyl (C=O) groups is 1. The molecule has 0 saturated carbocycles. The summed E-state index contributed by atoms with van der Waals surface area (Å²) >= 11 is 0. The number of hydrogen-bond donors (Lipinski definition) is 3. The third-order valence-electron chi connectivity index (χ3n) is 5.49. The number of ether oxygens (including phenoxy) is 1. The van der Waals surface area contributed by atoms with Crippen molar-refractivity contribution in [2.75, 3.05) is 23.3 Å². The Bertz CT molecular complexity index is 1030. The highest BCUT2D eigenvalue weighted by molar-refractivity contribution is 7.93. The number of nitrogens with zero attached hydrogens (tertiary/aromatic N) is 1. The molecule has 1 saturated heterocycles. The second-order valence-corrected chi connectivity index (χ2v) is 9.96. The molecule has 1 aliphatic heterocycles. The van der Waals surface area contributed by atoms with Gasteiger partial charge in [-0.1, -0.05) is 12.1 Å². The van der Waals surface area contributed by atoms with Crippen LogP contribution in [0.25, 0.3) is 0 Å². The van der Waals surface area contributed by atoms with Crippen molar-refractivity contribution in [3.63, 3.8) is 0 Å². The molecule has 0 spiro atoms. The SMILES string of the molecule is COc1ccc(N(CC(=O)Nc2cc(C)ccc2C)S(=O)(=O)C2C(C)NNC2C)cc1. The Morgan fingerprint density at radius 1 is 1.06 bits per heavy atom. The summed E-state index contributed by atoms with van der Waals surface area (Å²) in [7, 11) is -2.33. The van der Waals surface area contributed by atoms with Crippen molar-refractivity contribution in [1.29, 1.82) is 0 Å². The van der Waals surface area contributed by atoms with Crippen LogP contribution in [-0.4, -0.2) is 45.3 Å². The maximum atomic E-state index is 13.7. The zero-order valence-electron chi connectivity index (χ0n) is 18.5. The number of hydrogen-bond acceptors (Lipinski definition) is 6. The van der Waals surface area contributed by atoms with Gasteiger partial charge in [0.2, 0.25) is 15.9 Å². The number of sulfonamides is 1. The fourth-order valence-electron chi connectivity index (χ4n) is 3.79. The average Bonchev–Trinajstić information content (AvgIpc) is 3.07. The van der Waals surface area contributed by atoms with Gasteiger partial charge in [0, 0.05) is 17.8 Å². The molecule has 3 N–H and O–H groups in total. The summed E-state index contributed by atoms with van der Waals surface area (Å²) in [5.41, 5.74) is 8.95. The van der Waals surface area contributed by atoms with Gasteiger partial charge >= 0.3 is 0 Å². The van der Waals surface area contributed by atoms with E-state index in [1.807, 2.05) is 32.0 Å². The molecule has 8 nitrogen and oxygen atoms in total. The van der Waals surface area contributed by atoms with Gasteiger partial charge in [-0.05, 0) is 69.2 Å². The average molecular weight is 447 g/mol. The first kappa shape index (κ1) is 23.1. The van der Waals surface area contributed by atoms with Gasteiger partial charge in [0.1, 0.15) is 17.5 Å². The first-order valence-corrected chi connectivity index (χ1v) is 11.7. The molecule has 3 rings (SSSR count). The number of methoxy groups -OCH3 is 1. The Hall–Kier alpha value is -2.62. The van der Waals surface area contributed by atoms with E-state index in [-0.39, 0.29) is 18.6 Å². The van der Waals surface area contributed by atoms with E-state index >= 15 is 0 Å². The van der Waals surface area contributed by atoms with E-state index in [1.165, 1.54) is 4.31 Å². The molecule has 31 heavy (non-hydrogen) atoms. The molecule has 2 aromatic rings. The lowest BCUT2D eigenvalue weighted by Crippen LogP contribution is -2.49. The largest absolute Gasteiger partial charge is 0.497 e. The molecule has 9 heteroatoms. The fraction of sp³-hybridized carbons (Fsp3) is 0.409. The summed E-state index contributed by atoms with van der Waals surface area (Å²) in [6, 6.07) is 11.8. The first-order chi connectivity index (χ1) is 14.6. The Labute approximate surface area is 184 Å². The zero-order chi connectivity index (χ0) is 22.8. The van der Waals surface area contributed by atoms with E-state index < -0.39 is 21.2 Å². The minimum absolute atomic E-state index is 0.317. The minimum atomic E-state index is -3.87. The molecule has 168 valence electrons. The second-order valence-electron chi connectivity index (χ2n) is 7.95. The maximum absolute atomic E-state index is 13.7. The lowest BCUT2D eigenvalue weighted by molar-refractivity contribution is -0.114. The van der Waals surface area contributed by atoms with Gasteiger partial charge < -0.3 is 10.1 Å². The molecule has 0 bridgehead atoms. The van der Waals surface area contributed by atoms with Crippen LogP contribution in [0.3, 0.4) is 0 Å². The van der Waals surface area contributed by atoms with Crippen molar-refractivity contribution in [2.24, 2.45) is 0 Å². The van der Waals surface area contributed by atoms with E-state index in [4.69, 9.17) is 4.74 Å². The van der Waals surface area contributed by atoms with Gasteiger partial charge in [0.25, 0.3) is 0 Å². The molecule has 0 aliphatic carbocycles. The molecular weight excluding hydrogens is 416 g/mol. The standard InChI is InChI=1S/C22H30N4O4S/c1-14-6-7-15(2)20(12-14)23-21(27)13-26(18-8-10-19(30-5)11-9-18)31(28,29)22-16(3)24-25-17(22)4/h6-12,16-17,22,24-25H,13H2,1-5H3,(H,23,27). The number of nitrogens with one attached hydrogen (secondary N) is 3. The van der Waals surface area contributed by atoms with E-state index in [1.54, 1.807) is 45.2 Å². The number of hydrazine groups is 1. The number of rotatable bonds is 7. The molecule has 0 aromatic heterocycles. The smallest absolute Gasteiger partial charge is 0.245 e. The highest BCUT2D eigenvalue weighted by Crippen LogP contribution is 2.27. The van der Waals surface area contributed by atoms with Crippen molar-refractivity contribution >= 4 is 27.3 Å². The predicted octanol–water partition coefficient (Wildman–Crippen LogP) is 2.34. The fourth-order valence-corrected chi connectivity index (χ4v) is 5.96. The van der Waals surface area contributed by atoms with Crippen molar-refractivity contribution in [1.82, 2.24) is 10.9 Å². The number of anilines is 2. The molecular formula is C22H30N4O4S. The van der Waals surface area contributed by atoms with E-state index in [0.717, 1.165) is 11.1 Å². The van der Waals surface area contributed by atoms with Crippen LogP contribution in [0, 0.1) is 13.8 Å². The van der Waals surface area contributed by atoms with Gasteiger partial charge in [0.05, 0.1) is 12.8 Å². The zero-order valence-corrected chi connectivity index (χ0v) is 19.3. The minimum Gasteiger partial charge on any atom is -0.497 e. The lowest BCUT2D eigenvalue weighted by Gasteiger charge is -2.30. The van der Waals surface area contributed by atoms with Gasteiger partial charge in [0.15, 0.2) is 0 Å². The highest BCUT2D eigenvalue weighted by atomic mass is 32.2. The molecule has 1 amide bonds. The molecule has 1 aliphatic rings. The monoisotopic (exact) mass is 446 g/mol. The predicted molar refractivity (Wildman–Crippen MR) is 123 cm³/mol. The van der Waals surface area contributed by atoms with Gasteiger partial charge in [-0.3, -0.25) is 20.0 Å². The van der Waals surface area contributed by atoms with Crippen LogP contribution < -0.4 is 25.2 Å². The van der Waals surface area contributed by atoms with Crippen LogP contribution in [-0.2, 0) is 14.8 Å². The molecule has 2 aromatic carbocycles. The Morgan fingerprint density at radius 2 is 1.68 bits per heavy atom. The number of aryl methyl sites for hydroxylation is 2. The van der Waals surface area contributed by atoms with Crippen molar-refractivity contribution in [3.8, 4) is 5.75 Å².